The van der Waals surface area contributed by atoms with Crippen molar-refractivity contribution in [3.63, 3.8) is 0 Å². The second-order valence-electron chi connectivity index (χ2n) is 17.8. The summed E-state index contributed by atoms with van der Waals surface area (Å²) in [4.78, 5) is 0. The van der Waals surface area contributed by atoms with Crippen LogP contribution < -0.4 is 35.3 Å². The van der Waals surface area contributed by atoms with Gasteiger partial charge in [0.05, 0.1) is 0 Å². The maximum absolute atomic E-state index is 4.07. The molecule has 0 aliphatic heterocycles. The van der Waals surface area contributed by atoms with Crippen LogP contribution in [0.1, 0.15) is 133 Å². The fourth-order valence-electron chi connectivity index (χ4n) is 7.71. The number of benzene rings is 4. The van der Waals surface area contributed by atoms with E-state index in [-0.39, 0.29) is 67.3 Å². The van der Waals surface area contributed by atoms with E-state index in [1.807, 2.05) is 0 Å². The summed E-state index contributed by atoms with van der Waals surface area (Å²) in [5, 5.41) is 2.61. The number of allylic oxidation sites excluding steroid dienone is 4. The molecule has 271 valence electrons. The molecule has 4 aromatic carbocycles. The maximum atomic E-state index is 4.07. The van der Waals surface area contributed by atoms with E-state index in [9.17, 15) is 0 Å². The van der Waals surface area contributed by atoms with Crippen molar-refractivity contribution in [1.29, 1.82) is 0 Å². The average molecular weight is 808 g/mol. The molecule has 0 spiro atoms. The number of halogens is 2. The molecule has 0 N–H and O–H groups in total. The van der Waals surface area contributed by atoms with Crippen LogP contribution in [-0.2, 0) is 37.0 Å². The largest absolute Gasteiger partial charge is 3.00 e. The molecule has 2 aliphatic rings. The zero-order valence-electron chi connectivity index (χ0n) is 33.5. The fourth-order valence-corrected chi connectivity index (χ4v) is 7.71. The molecule has 0 nitrogen and oxygen atoms in total. The van der Waals surface area contributed by atoms with Gasteiger partial charge in [0, 0.05) is 0 Å². The zero-order valence-corrected chi connectivity index (χ0v) is 37.5. The van der Waals surface area contributed by atoms with Gasteiger partial charge in [0.1, 0.15) is 0 Å². The van der Waals surface area contributed by atoms with Crippen molar-refractivity contribution in [1.82, 2.24) is 0 Å². The molecule has 2 aliphatic carbocycles. The Hall–Kier alpha value is -2.44. The molecule has 0 aromatic heterocycles. The first-order valence-corrected chi connectivity index (χ1v) is 18.6. The summed E-state index contributed by atoms with van der Waals surface area (Å²) in [5.74, 6) is 0.382. The quantitative estimate of drug-likeness (QED) is 0.185. The summed E-state index contributed by atoms with van der Waals surface area (Å²) in [6.45, 7) is 27.9. The minimum atomic E-state index is -0.131. The van der Waals surface area contributed by atoms with Crippen molar-refractivity contribution in [3.05, 3.63) is 145 Å². The zero-order chi connectivity index (χ0) is 35.5. The SMILES string of the molecule is CCCCC1C=C(C(C)(C)C)C=C1c1c(C(C)(C)C)c(=C(c2ccc(C)cc2)c2ccc(C)cc2)cc2c1=[C-]c1cc(C(C)(C)C)ccc1-2.[Cl-].[Cl-].[Zr+3]. The Bertz CT molecular complexity index is 2040. The van der Waals surface area contributed by atoms with Gasteiger partial charge in [0.2, 0.25) is 0 Å². The van der Waals surface area contributed by atoms with Gasteiger partial charge in [0.25, 0.3) is 0 Å². The Morgan fingerprint density at radius 1 is 0.673 bits per heavy atom. The fraction of sp³-hybridized carbons (Fsp3) is 0.388. The first kappa shape index (κ1) is 44.0. The second kappa shape index (κ2) is 16.5. The van der Waals surface area contributed by atoms with Crippen LogP contribution in [-0.4, -0.2) is 0 Å². The van der Waals surface area contributed by atoms with Crippen molar-refractivity contribution in [2.45, 2.75) is 113 Å². The summed E-state index contributed by atoms with van der Waals surface area (Å²) in [6.07, 6.45) is 12.8. The number of fused-ring (bicyclic) bond motifs is 3. The van der Waals surface area contributed by atoms with Gasteiger partial charge in [-0.1, -0.05) is 194 Å². The van der Waals surface area contributed by atoms with E-state index >= 15 is 0 Å². The molecule has 52 heavy (non-hydrogen) atoms. The third kappa shape index (κ3) is 8.75. The van der Waals surface area contributed by atoms with Gasteiger partial charge in [-0.2, -0.15) is 0 Å². The van der Waals surface area contributed by atoms with E-state index in [2.05, 4.69) is 174 Å². The monoisotopic (exact) mass is 805 g/mol. The van der Waals surface area contributed by atoms with E-state index in [4.69, 9.17) is 0 Å². The number of rotatable bonds is 6. The number of hydrogen-bond acceptors (Lipinski definition) is 0. The molecule has 0 fully saturated rings. The molecule has 0 heterocycles. The van der Waals surface area contributed by atoms with Crippen molar-refractivity contribution < 1.29 is 51.0 Å². The first-order chi connectivity index (χ1) is 23.0. The predicted molar refractivity (Wildman–Crippen MR) is 214 cm³/mol. The Morgan fingerprint density at radius 2 is 1.23 bits per heavy atom. The molecular weight excluding hydrogens is 751 g/mol. The minimum Gasteiger partial charge on any atom is -1.00 e. The van der Waals surface area contributed by atoms with E-state index in [1.54, 1.807) is 0 Å². The summed E-state index contributed by atoms with van der Waals surface area (Å²) in [7, 11) is 0. The summed E-state index contributed by atoms with van der Waals surface area (Å²) in [5.41, 5.74) is 17.3. The summed E-state index contributed by atoms with van der Waals surface area (Å²) in [6, 6.07) is 28.0. The molecule has 4 aromatic rings. The molecule has 0 bridgehead atoms. The van der Waals surface area contributed by atoms with Crippen molar-refractivity contribution >= 4 is 17.2 Å². The van der Waals surface area contributed by atoms with E-state index in [0.717, 1.165) is 6.42 Å². The third-order valence-electron chi connectivity index (χ3n) is 10.6. The van der Waals surface area contributed by atoms with Crippen LogP contribution in [0.2, 0.25) is 0 Å². The van der Waals surface area contributed by atoms with E-state index < -0.39 is 0 Å². The molecule has 0 saturated carbocycles. The van der Waals surface area contributed by atoms with Crippen LogP contribution in [0.5, 0.6) is 0 Å². The van der Waals surface area contributed by atoms with Crippen molar-refractivity contribution in [2.75, 3.05) is 0 Å². The number of unbranched alkanes of at least 4 members (excludes halogenated alkanes) is 1. The Morgan fingerprint density at radius 3 is 1.71 bits per heavy atom. The Balaban J connectivity index is 0.00000243. The van der Waals surface area contributed by atoms with Gasteiger partial charge in [0.15, 0.2) is 0 Å². The van der Waals surface area contributed by atoms with Crippen molar-refractivity contribution in [3.8, 4) is 11.1 Å². The van der Waals surface area contributed by atoms with Crippen LogP contribution in [0.15, 0.2) is 90.5 Å². The van der Waals surface area contributed by atoms with Crippen molar-refractivity contribution in [2.24, 2.45) is 11.3 Å². The average Bonchev–Trinajstić information content (AvgIpc) is 3.62. The smallest absolute Gasteiger partial charge is 1.00 e. The van der Waals surface area contributed by atoms with Crippen LogP contribution in [0.4, 0.5) is 0 Å². The molecule has 3 heteroatoms. The molecule has 0 saturated heterocycles. The third-order valence-corrected chi connectivity index (χ3v) is 10.6. The molecular formula is C49H57Cl2Zr. The minimum absolute atomic E-state index is 0. The van der Waals surface area contributed by atoms with Crippen LogP contribution in [0.3, 0.4) is 0 Å². The topological polar surface area (TPSA) is 0 Å². The first-order valence-electron chi connectivity index (χ1n) is 18.6. The van der Waals surface area contributed by atoms with Gasteiger partial charge in [-0.3, -0.25) is 0 Å². The number of hydrogen-bond donors (Lipinski definition) is 0. The van der Waals surface area contributed by atoms with Gasteiger partial charge in [-0.15, -0.1) is 34.1 Å². The van der Waals surface area contributed by atoms with E-state index in [0.29, 0.717) is 5.92 Å². The van der Waals surface area contributed by atoms with Crippen LogP contribution >= 0.6 is 0 Å². The van der Waals surface area contributed by atoms with Gasteiger partial charge in [-0.25, -0.2) is 0 Å². The number of aryl methyl sites for hydroxylation is 2. The molecule has 1 unspecified atom stereocenters. The molecule has 0 amide bonds. The van der Waals surface area contributed by atoms with E-state index in [1.165, 1.54) is 95.6 Å². The van der Waals surface area contributed by atoms with Gasteiger partial charge in [-0.05, 0) is 69.9 Å². The van der Waals surface area contributed by atoms with Crippen LogP contribution in [0, 0.1) is 25.2 Å². The molecule has 1 atom stereocenters. The normalized spacial score (nSPS) is 14.9. The summed E-state index contributed by atoms with van der Waals surface area (Å²) >= 11 is 0. The summed E-state index contributed by atoms with van der Waals surface area (Å²) < 4.78 is 0. The molecule has 6 rings (SSSR count). The van der Waals surface area contributed by atoms with Gasteiger partial charge >= 0.3 is 26.2 Å². The van der Waals surface area contributed by atoms with Crippen LogP contribution in [0.25, 0.3) is 28.3 Å². The second-order valence-corrected chi connectivity index (χ2v) is 17.8. The van der Waals surface area contributed by atoms with Gasteiger partial charge < -0.3 is 24.8 Å². The standard InChI is InChI=1S/C49H57.2ClH.Zr/c1-13-14-15-35-26-38(48(7,8)9)29-40(35)45-42-28-36-27-37(47(4,5)6)24-25-39(36)41(42)30-43(46(45)49(10,11)12)44(33-20-16-31(2)17-21-33)34-22-18-32(3)19-23-34;;;/h16-27,29-30,35H,13-15H2,1-12H3;2*1H;/q-1;;;+3/p-2. The Kier molecular flexibility index (Phi) is 14.0. The maximum Gasteiger partial charge on any atom is 3.00 e. The molecule has 1 radical (unpaired) electrons. The Labute approximate surface area is 347 Å². The predicted octanol–water partition coefficient (Wildman–Crippen LogP) is 6.01.